The number of imidazole rings is 1. The van der Waals surface area contributed by atoms with Crippen LogP contribution in [0.2, 0.25) is 0 Å². The number of aryl methyl sites for hydroxylation is 2. The van der Waals surface area contributed by atoms with Crippen LogP contribution in [0.5, 0.6) is 11.5 Å². The molecule has 0 unspecified atom stereocenters. The summed E-state index contributed by atoms with van der Waals surface area (Å²) in [6.45, 7) is 7.71. The molecule has 1 aliphatic heterocycles. The maximum absolute atomic E-state index is 12.7. The average molecular weight is 596 g/mol. The second kappa shape index (κ2) is 14.3. The Bertz CT molecular complexity index is 1390. The number of carbonyl (C=O) groups excluding carboxylic acids is 1. The average Bonchev–Trinajstić information content (AvgIpc) is 3.25. The van der Waals surface area contributed by atoms with Crippen LogP contribution in [0.4, 0.5) is 13.2 Å². The number of alkyl halides is 3. The number of likely N-dealkylation sites (N-methyl/N-ethyl adjacent to an activating group) is 1. The molecule has 230 valence electrons. The molecule has 14 heteroatoms. The number of fused-ring (bicyclic) bond motifs is 1. The molecule has 1 aliphatic rings. The monoisotopic (exact) mass is 595 g/mol. The summed E-state index contributed by atoms with van der Waals surface area (Å²) in [6.07, 6.45) is -2.98. The summed E-state index contributed by atoms with van der Waals surface area (Å²) >= 11 is 0. The van der Waals surface area contributed by atoms with E-state index in [0.717, 1.165) is 61.7 Å². The highest BCUT2D eigenvalue weighted by molar-refractivity contribution is 5.78. The van der Waals surface area contributed by atoms with Gasteiger partial charge in [-0.3, -0.25) is 9.78 Å². The second-order valence-corrected chi connectivity index (χ2v) is 9.92. The Morgan fingerprint density at radius 2 is 1.93 bits per heavy atom. The van der Waals surface area contributed by atoms with Gasteiger partial charge in [-0.05, 0) is 44.9 Å². The van der Waals surface area contributed by atoms with Gasteiger partial charge >= 0.3 is 12.1 Å². The van der Waals surface area contributed by atoms with Gasteiger partial charge in [-0.25, -0.2) is 13.9 Å². The molecular formula is C28H36F3N5O6. The summed E-state index contributed by atoms with van der Waals surface area (Å²) in [5, 5.41) is 19.1. The van der Waals surface area contributed by atoms with Crippen molar-refractivity contribution in [3.8, 4) is 11.5 Å². The molecule has 11 nitrogen and oxygen atoms in total. The van der Waals surface area contributed by atoms with Crippen LogP contribution in [0.25, 0.3) is 11.0 Å². The number of aliphatic carboxylic acids is 1. The van der Waals surface area contributed by atoms with Crippen molar-refractivity contribution in [2.45, 2.75) is 59.0 Å². The van der Waals surface area contributed by atoms with E-state index in [9.17, 15) is 23.1 Å². The van der Waals surface area contributed by atoms with E-state index in [1.54, 1.807) is 13.1 Å². The maximum atomic E-state index is 12.7. The van der Waals surface area contributed by atoms with Crippen LogP contribution in [0.3, 0.4) is 0 Å². The lowest BCUT2D eigenvalue weighted by Gasteiger charge is -2.21. The van der Waals surface area contributed by atoms with Gasteiger partial charge in [0.1, 0.15) is 5.75 Å². The number of pyridine rings is 1. The molecule has 1 saturated heterocycles. The summed E-state index contributed by atoms with van der Waals surface area (Å²) in [7, 11) is 1.65. The number of halogens is 3. The fraction of sp³-hybridized carbons (Fsp3) is 0.500. The molecule has 3 heterocycles. The number of hydrogen-bond acceptors (Lipinski definition) is 7. The molecule has 0 spiro atoms. The molecule has 0 bridgehead atoms. The zero-order chi connectivity index (χ0) is 31.0. The molecule has 4 rings (SSSR count). The predicted octanol–water partition coefficient (Wildman–Crippen LogP) is 2.28. The molecule has 0 atom stereocenters. The number of rotatable bonds is 9. The third-order valence-corrected chi connectivity index (χ3v) is 6.92. The lowest BCUT2D eigenvalue weighted by molar-refractivity contribution is -0.687. The van der Waals surface area contributed by atoms with Crippen LogP contribution in [0.1, 0.15) is 37.0 Å². The summed E-state index contributed by atoms with van der Waals surface area (Å²) in [6, 6.07) is 9.07. The number of nitrogens with zero attached hydrogens (tertiary/aromatic N) is 4. The van der Waals surface area contributed by atoms with Crippen LogP contribution >= 0.6 is 0 Å². The van der Waals surface area contributed by atoms with Crippen molar-refractivity contribution in [2.24, 2.45) is 11.7 Å². The van der Waals surface area contributed by atoms with E-state index in [-0.39, 0.29) is 24.8 Å². The maximum Gasteiger partial charge on any atom is 0.490 e. The van der Waals surface area contributed by atoms with Crippen LogP contribution in [0.15, 0.2) is 30.3 Å². The molecule has 1 fully saturated rings. The van der Waals surface area contributed by atoms with Gasteiger partial charge in [0.15, 0.2) is 17.6 Å². The van der Waals surface area contributed by atoms with Gasteiger partial charge in [0.2, 0.25) is 0 Å². The molecule has 3 aromatic rings. The number of benzene rings is 1. The largest absolute Gasteiger partial charge is 0.871 e. The Kier molecular flexibility index (Phi) is 11.1. The summed E-state index contributed by atoms with van der Waals surface area (Å²) < 4.78 is 47.7. The summed E-state index contributed by atoms with van der Waals surface area (Å²) in [4.78, 5) is 27.3. The lowest BCUT2D eigenvalue weighted by atomic mass is 10.0. The molecule has 42 heavy (non-hydrogen) atoms. The highest BCUT2D eigenvalue weighted by atomic mass is 19.4. The van der Waals surface area contributed by atoms with Crippen LogP contribution in [-0.4, -0.2) is 64.5 Å². The number of aromatic nitrogens is 3. The summed E-state index contributed by atoms with van der Waals surface area (Å²) in [5.74, 6) is -0.890. The minimum Gasteiger partial charge on any atom is -0.871 e. The predicted molar refractivity (Wildman–Crippen MR) is 143 cm³/mol. The highest BCUT2D eigenvalue weighted by Gasteiger charge is 2.38. The van der Waals surface area contributed by atoms with Gasteiger partial charge in [-0.15, -0.1) is 0 Å². The van der Waals surface area contributed by atoms with Crippen LogP contribution in [-0.2, 0) is 40.5 Å². The van der Waals surface area contributed by atoms with Gasteiger partial charge in [0.05, 0.1) is 31.9 Å². The Morgan fingerprint density at radius 1 is 1.26 bits per heavy atom. The van der Waals surface area contributed by atoms with Crippen molar-refractivity contribution in [3.05, 3.63) is 47.5 Å². The number of ether oxygens (including phenoxy) is 2. The van der Waals surface area contributed by atoms with Crippen molar-refractivity contribution < 1.29 is 47.0 Å². The quantitative estimate of drug-likeness (QED) is 0.358. The van der Waals surface area contributed by atoms with Crippen LogP contribution < -0.4 is 20.1 Å². The molecule has 1 amide bonds. The van der Waals surface area contributed by atoms with E-state index >= 15 is 0 Å². The Hall–Kier alpha value is -3.91. The van der Waals surface area contributed by atoms with E-state index in [0.29, 0.717) is 23.9 Å². The van der Waals surface area contributed by atoms with Gasteiger partial charge < -0.3 is 30.3 Å². The number of nitrogens with two attached hydrogens (primary N) is 1. The van der Waals surface area contributed by atoms with Crippen molar-refractivity contribution in [2.75, 3.05) is 26.9 Å². The lowest BCUT2D eigenvalue weighted by Crippen LogP contribution is -2.43. The Labute approximate surface area is 241 Å². The minimum absolute atomic E-state index is 0.124. The standard InChI is InChI=1S/C26H35N5O4.C2HF3O2/c1-4-30-23-13-20(35-17-26(33)29(3)16-21-24(32)8-5-18(2)28-21)6-7-22(23)31(25(30)14-27)15-19-9-11-34-12-10-19;3-2(4,5)1(6)7/h5-8,13,19H,4,9-12,14-17,27H2,1-3H3;(H,6,7). The van der Waals surface area contributed by atoms with Gasteiger partial charge in [-0.2, -0.15) is 13.2 Å². The van der Waals surface area contributed by atoms with Crippen LogP contribution in [0, 0.1) is 12.8 Å². The summed E-state index contributed by atoms with van der Waals surface area (Å²) in [5.41, 5.74) is 9.43. The number of carboxylic acid groups (broad SMARTS) is 1. The Balaban J connectivity index is 0.000000616. The first-order valence-corrected chi connectivity index (χ1v) is 13.5. The highest BCUT2D eigenvalue weighted by Crippen LogP contribution is 2.24. The molecule has 0 aliphatic carbocycles. The Morgan fingerprint density at radius 3 is 2.52 bits per heavy atom. The van der Waals surface area contributed by atoms with Crippen molar-refractivity contribution >= 4 is 22.9 Å². The van der Waals surface area contributed by atoms with E-state index in [4.69, 9.17) is 25.1 Å². The number of carboxylic acids is 1. The second-order valence-electron chi connectivity index (χ2n) is 9.92. The van der Waals surface area contributed by atoms with Gasteiger partial charge in [-0.1, -0.05) is 11.8 Å². The minimum atomic E-state index is -5.08. The normalized spacial score (nSPS) is 13.9. The first kappa shape index (κ1) is 32.6. The zero-order valence-corrected chi connectivity index (χ0v) is 23.8. The fourth-order valence-corrected chi connectivity index (χ4v) is 4.70. The molecular weight excluding hydrogens is 559 g/mol. The number of carbonyl (C=O) groups is 2. The van der Waals surface area contributed by atoms with Gasteiger partial charge in [0.25, 0.3) is 11.7 Å². The molecule has 2 aromatic heterocycles. The third kappa shape index (κ3) is 8.32. The van der Waals surface area contributed by atoms with E-state index in [1.165, 1.54) is 11.0 Å². The van der Waals surface area contributed by atoms with Crippen molar-refractivity contribution in [3.63, 3.8) is 0 Å². The zero-order valence-electron chi connectivity index (χ0n) is 23.8. The topological polar surface area (TPSA) is 147 Å². The number of hydrogen-bond donors (Lipinski definition) is 2. The molecule has 0 saturated carbocycles. The van der Waals surface area contributed by atoms with Crippen molar-refractivity contribution in [1.29, 1.82) is 0 Å². The molecule has 1 aromatic carbocycles. The van der Waals surface area contributed by atoms with E-state index in [2.05, 4.69) is 21.0 Å². The van der Waals surface area contributed by atoms with Crippen molar-refractivity contribution in [1.82, 2.24) is 14.5 Å². The SMILES string of the molecule is CCn1c(CN)[n+](CC2CCOCC2)c2ccc(OCC(=O)N(C)Cc3nc(C)ccc3[O-])cc21.O=C(O)C(F)(F)F. The first-order valence-electron chi connectivity index (χ1n) is 13.5. The molecule has 3 N–H and O–H groups in total. The molecule has 0 radical (unpaired) electrons. The third-order valence-electron chi connectivity index (χ3n) is 6.92. The smallest absolute Gasteiger partial charge is 0.490 e. The fourth-order valence-electron chi connectivity index (χ4n) is 4.70. The van der Waals surface area contributed by atoms with E-state index in [1.807, 2.05) is 25.1 Å². The van der Waals surface area contributed by atoms with E-state index < -0.39 is 12.1 Å². The number of amides is 1. The van der Waals surface area contributed by atoms with Gasteiger partial charge in [0, 0.05) is 37.9 Å². The first-order chi connectivity index (χ1) is 19.8.